The lowest BCUT2D eigenvalue weighted by Crippen LogP contribution is -2.31. The van der Waals surface area contributed by atoms with Crippen molar-refractivity contribution in [3.8, 4) is 0 Å². The second kappa shape index (κ2) is 5.51. The van der Waals surface area contributed by atoms with Crippen LogP contribution in [0.3, 0.4) is 0 Å². The molecule has 18 heavy (non-hydrogen) atoms. The van der Waals surface area contributed by atoms with Gasteiger partial charge in [0.1, 0.15) is 5.82 Å². The van der Waals surface area contributed by atoms with Crippen molar-refractivity contribution in [2.45, 2.75) is 32.6 Å². The van der Waals surface area contributed by atoms with E-state index in [0.29, 0.717) is 17.0 Å². The highest BCUT2D eigenvalue weighted by Gasteiger charge is 2.20. The van der Waals surface area contributed by atoms with E-state index in [1.165, 1.54) is 31.7 Å². The fraction of sp³-hybridized carbons (Fsp3) is 0.533. The Bertz CT molecular complexity index is 438. The van der Waals surface area contributed by atoms with Crippen LogP contribution in [0.25, 0.3) is 0 Å². The maximum absolute atomic E-state index is 13.2. The van der Waals surface area contributed by atoms with E-state index in [4.69, 9.17) is 0 Å². The molecular formula is C15H20FNO. The van der Waals surface area contributed by atoms with Gasteiger partial charge in [-0.05, 0) is 49.4 Å². The predicted molar refractivity (Wildman–Crippen MR) is 70.1 cm³/mol. The zero-order valence-corrected chi connectivity index (χ0v) is 11.1. The average Bonchev–Trinajstić information content (AvgIpc) is 2.84. The van der Waals surface area contributed by atoms with Crippen molar-refractivity contribution in [1.82, 2.24) is 4.90 Å². The van der Waals surface area contributed by atoms with Crippen molar-refractivity contribution in [3.63, 3.8) is 0 Å². The molecule has 1 aromatic carbocycles. The van der Waals surface area contributed by atoms with Gasteiger partial charge in [0.05, 0.1) is 0 Å². The van der Waals surface area contributed by atoms with Crippen LogP contribution >= 0.6 is 0 Å². The van der Waals surface area contributed by atoms with Gasteiger partial charge in [-0.15, -0.1) is 0 Å². The van der Waals surface area contributed by atoms with E-state index in [2.05, 4.69) is 0 Å². The maximum atomic E-state index is 13.2. The van der Waals surface area contributed by atoms with Crippen molar-refractivity contribution in [3.05, 3.63) is 35.1 Å². The summed E-state index contributed by atoms with van der Waals surface area (Å²) >= 11 is 0. The first-order valence-electron chi connectivity index (χ1n) is 6.59. The number of carbonyl (C=O) groups is 1. The summed E-state index contributed by atoms with van der Waals surface area (Å²) in [5.74, 6) is 0.371. The molecule has 0 N–H and O–H groups in total. The van der Waals surface area contributed by atoms with E-state index in [-0.39, 0.29) is 11.7 Å². The Morgan fingerprint density at radius 1 is 1.39 bits per heavy atom. The van der Waals surface area contributed by atoms with Gasteiger partial charge in [-0.2, -0.15) is 0 Å². The van der Waals surface area contributed by atoms with Crippen molar-refractivity contribution in [2.24, 2.45) is 5.92 Å². The maximum Gasteiger partial charge on any atom is 0.253 e. The molecule has 0 spiro atoms. The summed E-state index contributed by atoms with van der Waals surface area (Å²) in [5, 5.41) is 0. The van der Waals surface area contributed by atoms with Crippen LogP contribution in [0.1, 0.15) is 41.6 Å². The molecule has 0 unspecified atom stereocenters. The summed E-state index contributed by atoms with van der Waals surface area (Å²) in [5.41, 5.74) is 1.10. The molecule has 1 aliphatic rings. The monoisotopic (exact) mass is 249 g/mol. The smallest absolute Gasteiger partial charge is 0.253 e. The molecule has 0 aromatic heterocycles. The van der Waals surface area contributed by atoms with Crippen molar-refractivity contribution < 1.29 is 9.18 Å². The molecule has 1 aromatic rings. The van der Waals surface area contributed by atoms with E-state index >= 15 is 0 Å². The lowest BCUT2D eigenvalue weighted by Gasteiger charge is -2.21. The van der Waals surface area contributed by atoms with Gasteiger partial charge < -0.3 is 4.90 Å². The first kappa shape index (κ1) is 13.1. The molecule has 0 bridgehead atoms. The first-order chi connectivity index (χ1) is 8.58. The molecule has 1 aliphatic carbocycles. The number of halogens is 1. The second-order valence-corrected chi connectivity index (χ2v) is 5.30. The van der Waals surface area contributed by atoms with Crippen LogP contribution in [0.5, 0.6) is 0 Å². The topological polar surface area (TPSA) is 20.3 Å². The van der Waals surface area contributed by atoms with Crippen molar-refractivity contribution >= 4 is 5.91 Å². The number of nitrogens with zero attached hydrogens (tertiary/aromatic N) is 1. The Kier molecular flexibility index (Phi) is 4.00. The highest BCUT2D eigenvalue weighted by molar-refractivity contribution is 5.94. The molecular weight excluding hydrogens is 229 g/mol. The van der Waals surface area contributed by atoms with E-state index in [1.54, 1.807) is 24.0 Å². The third-order valence-electron chi connectivity index (χ3n) is 3.76. The molecule has 1 fully saturated rings. The third kappa shape index (κ3) is 2.89. The van der Waals surface area contributed by atoms with Gasteiger partial charge in [0.2, 0.25) is 0 Å². The summed E-state index contributed by atoms with van der Waals surface area (Å²) in [6.07, 6.45) is 5.00. The Labute approximate surface area is 108 Å². The lowest BCUT2D eigenvalue weighted by atomic mass is 10.1. The minimum atomic E-state index is -0.259. The van der Waals surface area contributed by atoms with Crippen LogP contribution in [-0.4, -0.2) is 24.4 Å². The van der Waals surface area contributed by atoms with E-state index in [9.17, 15) is 9.18 Å². The SMILES string of the molecule is Cc1cc(C(=O)N(C)CC2CCCC2)ccc1F. The summed E-state index contributed by atoms with van der Waals surface area (Å²) in [7, 11) is 1.83. The van der Waals surface area contributed by atoms with Gasteiger partial charge in [0.25, 0.3) is 5.91 Å². The summed E-state index contributed by atoms with van der Waals surface area (Å²) < 4.78 is 13.2. The largest absolute Gasteiger partial charge is 0.341 e. The van der Waals surface area contributed by atoms with E-state index in [1.807, 2.05) is 7.05 Å². The number of benzene rings is 1. The predicted octanol–water partition coefficient (Wildman–Crippen LogP) is 3.40. The molecule has 0 atom stereocenters. The van der Waals surface area contributed by atoms with Crippen LogP contribution < -0.4 is 0 Å². The molecule has 2 rings (SSSR count). The number of rotatable bonds is 3. The van der Waals surface area contributed by atoms with E-state index in [0.717, 1.165) is 6.54 Å². The molecule has 98 valence electrons. The van der Waals surface area contributed by atoms with Crippen LogP contribution in [0.2, 0.25) is 0 Å². The van der Waals surface area contributed by atoms with Crippen LogP contribution in [0, 0.1) is 18.7 Å². The molecule has 2 nitrogen and oxygen atoms in total. The van der Waals surface area contributed by atoms with Crippen LogP contribution in [-0.2, 0) is 0 Å². The molecule has 1 amide bonds. The Balaban J connectivity index is 2.02. The van der Waals surface area contributed by atoms with Gasteiger partial charge in [0, 0.05) is 19.2 Å². The second-order valence-electron chi connectivity index (χ2n) is 5.30. The van der Waals surface area contributed by atoms with Gasteiger partial charge in [-0.3, -0.25) is 4.79 Å². The number of amides is 1. The molecule has 3 heteroatoms. The first-order valence-corrected chi connectivity index (χ1v) is 6.59. The zero-order valence-electron chi connectivity index (χ0n) is 11.1. The van der Waals surface area contributed by atoms with Gasteiger partial charge in [0.15, 0.2) is 0 Å². The molecule has 0 heterocycles. The normalized spacial score (nSPS) is 15.9. The molecule has 0 saturated heterocycles. The number of hydrogen-bond donors (Lipinski definition) is 0. The third-order valence-corrected chi connectivity index (χ3v) is 3.76. The molecule has 0 aliphatic heterocycles. The average molecular weight is 249 g/mol. The Hall–Kier alpha value is -1.38. The standard InChI is InChI=1S/C15H20FNO/c1-11-9-13(7-8-14(11)16)15(18)17(2)10-12-5-3-4-6-12/h7-9,12H,3-6,10H2,1-2H3. The van der Waals surface area contributed by atoms with Crippen molar-refractivity contribution in [1.29, 1.82) is 0 Å². The van der Waals surface area contributed by atoms with Crippen molar-refractivity contribution in [2.75, 3.05) is 13.6 Å². The molecule has 0 radical (unpaired) electrons. The summed E-state index contributed by atoms with van der Waals surface area (Å²) in [6.45, 7) is 2.50. The van der Waals surface area contributed by atoms with Crippen LogP contribution in [0.4, 0.5) is 4.39 Å². The lowest BCUT2D eigenvalue weighted by molar-refractivity contribution is 0.0773. The number of carbonyl (C=O) groups excluding carboxylic acids is 1. The minimum Gasteiger partial charge on any atom is -0.341 e. The Morgan fingerprint density at radius 2 is 2.06 bits per heavy atom. The van der Waals surface area contributed by atoms with Gasteiger partial charge in [-0.1, -0.05) is 12.8 Å². The zero-order chi connectivity index (χ0) is 13.1. The fourth-order valence-electron chi connectivity index (χ4n) is 2.66. The van der Waals surface area contributed by atoms with Crippen LogP contribution in [0.15, 0.2) is 18.2 Å². The molecule has 1 saturated carbocycles. The number of hydrogen-bond acceptors (Lipinski definition) is 1. The van der Waals surface area contributed by atoms with Gasteiger partial charge in [-0.25, -0.2) is 4.39 Å². The van der Waals surface area contributed by atoms with Gasteiger partial charge >= 0.3 is 0 Å². The minimum absolute atomic E-state index is 0.00926. The van der Waals surface area contributed by atoms with E-state index < -0.39 is 0 Å². The summed E-state index contributed by atoms with van der Waals surface area (Å²) in [4.78, 5) is 14.0. The summed E-state index contributed by atoms with van der Waals surface area (Å²) in [6, 6.07) is 4.56. The quantitative estimate of drug-likeness (QED) is 0.804. The highest BCUT2D eigenvalue weighted by Crippen LogP contribution is 2.25. The number of aryl methyl sites for hydroxylation is 1. The Morgan fingerprint density at radius 3 is 2.67 bits per heavy atom. The fourth-order valence-corrected chi connectivity index (χ4v) is 2.66. The highest BCUT2D eigenvalue weighted by atomic mass is 19.1.